The van der Waals surface area contributed by atoms with Crippen LogP contribution in [0.25, 0.3) is 0 Å². The summed E-state index contributed by atoms with van der Waals surface area (Å²) in [6, 6.07) is 6.01. The van der Waals surface area contributed by atoms with Gasteiger partial charge in [0.1, 0.15) is 0 Å². The summed E-state index contributed by atoms with van der Waals surface area (Å²) in [7, 11) is 1.94. The van der Waals surface area contributed by atoms with Crippen molar-refractivity contribution in [3.63, 3.8) is 0 Å². The quantitative estimate of drug-likeness (QED) is 0.875. The highest BCUT2D eigenvalue weighted by Gasteiger charge is 2.26. The number of aliphatic hydroxyl groups excluding tert-OH is 1. The molecule has 116 valence electrons. The number of hydrogen-bond acceptors (Lipinski definition) is 3. The van der Waals surface area contributed by atoms with Crippen LogP contribution in [-0.4, -0.2) is 42.2 Å². The molecule has 0 aromatic heterocycles. The maximum Gasteiger partial charge on any atom is 0.238 e. The van der Waals surface area contributed by atoms with Crippen molar-refractivity contribution >= 4 is 11.6 Å². The molecule has 2 rings (SSSR count). The zero-order chi connectivity index (χ0) is 15.4. The van der Waals surface area contributed by atoms with Crippen LogP contribution >= 0.6 is 0 Å². The Morgan fingerprint density at radius 1 is 1.38 bits per heavy atom. The Balaban J connectivity index is 1.83. The topological polar surface area (TPSA) is 52.6 Å². The molecule has 0 saturated heterocycles. The molecule has 1 saturated carbocycles. The predicted octanol–water partition coefficient (Wildman–Crippen LogP) is 2.33. The zero-order valence-electron chi connectivity index (χ0n) is 13.2. The molecule has 0 aliphatic heterocycles. The van der Waals surface area contributed by atoms with E-state index in [0.717, 1.165) is 37.1 Å². The SMILES string of the molecule is Cc1ccc(NC(=O)CN(C)CC2CCCC2O)c(C)c1. The van der Waals surface area contributed by atoms with Gasteiger partial charge in [0.25, 0.3) is 0 Å². The van der Waals surface area contributed by atoms with E-state index in [9.17, 15) is 9.90 Å². The number of benzene rings is 1. The second-order valence-electron chi connectivity index (χ2n) is 6.32. The van der Waals surface area contributed by atoms with Crippen LogP contribution < -0.4 is 5.32 Å². The lowest BCUT2D eigenvalue weighted by Crippen LogP contribution is -2.35. The van der Waals surface area contributed by atoms with E-state index in [2.05, 4.69) is 11.4 Å². The van der Waals surface area contributed by atoms with Crippen LogP contribution in [0.2, 0.25) is 0 Å². The van der Waals surface area contributed by atoms with E-state index in [0.29, 0.717) is 12.5 Å². The van der Waals surface area contributed by atoms with E-state index in [-0.39, 0.29) is 12.0 Å². The molecule has 0 radical (unpaired) electrons. The van der Waals surface area contributed by atoms with E-state index >= 15 is 0 Å². The first-order valence-corrected chi connectivity index (χ1v) is 7.69. The van der Waals surface area contributed by atoms with E-state index < -0.39 is 0 Å². The lowest BCUT2D eigenvalue weighted by molar-refractivity contribution is -0.117. The third kappa shape index (κ3) is 4.55. The highest BCUT2D eigenvalue weighted by atomic mass is 16.3. The normalized spacial score (nSPS) is 21.8. The number of hydrogen-bond donors (Lipinski definition) is 2. The summed E-state index contributed by atoms with van der Waals surface area (Å²) < 4.78 is 0. The smallest absolute Gasteiger partial charge is 0.238 e. The first kappa shape index (κ1) is 16.0. The number of nitrogens with zero attached hydrogens (tertiary/aromatic N) is 1. The van der Waals surface area contributed by atoms with E-state index in [4.69, 9.17) is 0 Å². The third-order valence-corrected chi connectivity index (χ3v) is 4.23. The molecule has 0 heterocycles. The van der Waals surface area contributed by atoms with Gasteiger partial charge in [-0.2, -0.15) is 0 Å². The molecule has 1 aromatic carbocycles. The number of rotatable bonds is 5. The molecule has 4 heteroatoms. The maximum atomic E-state index is 12.1. The predicted molar refractivity (Wildman–Crippen MR) is 85.4 cm³/mol. The fourth-order valence-corrected chi connectivity index (χ4v) is 3.08. The molecule has 1 aromatic rings. The number of anilines is 1. The first-order valence-electron chi connectivity index (χ1n) is 7.69. The maximum absolute atomic E-state index is 12.1. The summed E-state index contributed by atoms with van der Waals surface area (Å²) in [6.45, 7) is 5.18. The van der Waals surface area contributed by atoms with Crippen molar-refractivity contribution < 1.29 is 9.90 Å². The van der Waals surface area contributed by atoms with Crippen molar-refractivity contribution in [3.8, 4) is 0 Å². The van der Waals surface area contributed by atoms with Crippen LogP contribution in [0.5, 0.6) is 0 Å². The minimum Gasteiger partial charge on any atom is -0.393 e. The molecular formula is C17H26N2O2. The standard InChI is InChI=1S/C17H26N2O2/c1-12-7-8-15(13(2)9-12)18-17(21)11-19(3)10-14-5-4-6-16(14)20/h7-9,14,16,20H,4-6,10-11H2,1-3H3,(H,18,21). The molecule has 1 amide bonds. The minimum atomic E-state index is -0.199. The van der Waals surface area contributed by atoms with Gasteiger partial charge < -0.3 is 10.4 Å². The second kappa shape index (κ2) is 7.05. The van der Waals surface area contributed by atoms with Crippen molar-refractivity contribution in [1.29, 1.82) is 0 Å². The Hall–Kier alpha value is -1.39. The number of amides is 1. The largest absolute Gasteiger partial charge is 0.393 e. The molecule has 0 spiro atoms. The van der Waals surface area contributed by atoms with Crippen LogP contribution in [0.3, 0.4) is 0 Å². The van der Waals surface area contributed by atoms with Gasteiger partial charge in [0, 0.05) is 12.2 Å². The van der Waals surface area contributed by atoms with Gasteiger partial charge in [0.2, 0.25) is 5.91 Å². The van der Waals surface area contributed by atoms with Crippen LogP contribution in [0.4, 0.5) is 5.69 Å². The Kier molecular flexibility index (Phi) is 5.37. The summed E-state index contributed by atoms with van der Waals surface area (Å²) in [5, 5.41) is 12.8. The molecule has 2 atom stereocenters. The average Bonchev–Trinajstić information content (AvgIpc) is 2.78. The fraction of sp³-hybridized carbons (Fsp3) is 0.588. The summed E-state index contributed by atoms with van der Waals surface area (Å²) >= 11 is 0. The van der Waals surface area contributed by atoms with Gasteiger partial charge in [-0.3, -0.25) is 9.69 Å². The molecule has 2 unspecified atom stereocenters. The van der Waals surface area contributed by atoms with Crippen molar-refractivity contribution in [2.24, 2.45) is 5.92 Å². The van der Waals surface area contributed by atoms with Gasteiger partial charge >= 0.3 is 0 Å². The van der Waals surface area contributed by atoms with Crippen LogP contribution in [0.15, 0.2) is 18.2 Å². The van der Waals surface area contributed by atoms with Crippen molar-refractivity contribution in [3.05, 3.63) is 29.3 Å². The fourth-order valence-electron chi connectivity index (χ4n) is 3.08. The number of nitrogens with one attached hydrogen (secondary N) is 1. The van der Waals surface area contributed by atoms with E-state index in [1.807, 2.05) is 37.9 Å². The van der Waals surface area contributed by atoms with Gasteiger partial charge in [0.15, 0.2) is 0 Å². The van der Waals surface area contributed by atoms with Crippen LogP contribution in [0.1, 0.15) is 30.4 Å². The van der Waals surface area contributed by atoms with E-state index in [1.165, 1.54) is 5.56 Å². The highest BCUT2D eigenvalue weighted by Crippen LogP contribution is 2.25. The Morgan fingerprint density at radius 2 is 2.14 bits per heavy atom. The van der Waals surface area contributed by atoms with Crippen molar-refractivity contribution in [2.45, 2.75) is 39.2 Å². The van der Waals surface area contributed by atoms with Crippen molar-refractivity contribution in [1.82, 2.24) is 4.90 Å². The molecule has 1 aliphatic carbocycles. The summed E-state index contributed by atoms with van der Waals surface area (Å²) in [5.74, 6) is 0.306. The molecule has 1 fully saturated rings. The number of carbonyl (C=O) groups is 1. The van der Waals surface area contributed by atoms with Gasteiger partial charge in [-0.25, -0.2) is 0 Å². The third-order valence-electron chi connectivity index (χ3n) is 4.23. The molecule has 0 bridgehead atoms. The lowest BCUT2D eigenvalue weighted by Gasteiger charge is -2.22. The lowest BCUT2D eigenvalue weighted by atomic mass is 10.1. The van der Waals surface area contributed by atoms with Gasteiger partial charge in [0.05, 0.1) is 12.6 Å². The Labute approximate surface area is 127 Å². The average molecular weight is 290 g/mol. The summed E-state index contributed by atoms with van der Waals surface area (Å²) in [4.78, 5) is 14.1. The molecule has 4 nitrogen and oxygen atoms in total. The van der Waals surface area contributed by atoms with Gasteiger partial charge in [-0.05, 0) is 51.3 Å². The molecule has 2 N–H and O–H groups in total. The number of aryl methyl sites for hydroxylation is 2. The van der Waals surface area contributed by atoms with Gasteiger partial charge in [-0.15, -0.1) is 0 Å². The van der Waals surface area contributed by atoms with Crippen molar-refractivity contribution in [2.75, 3.05) is 25.5 Å². The van der Waals surface area contributed by atoms with Gasteiger partial charge in [-0.1, -0.05) is 24.1 Å². The van der Waals surface area contributed by atoms with Crippen LogP contribution in [0, 0.1) is 19.8 Å². The molecule has 21 heavy (non-hydrogen) atoms. The number of aliphatic hydroxyl groups is 1. The summed E-state index contributed by atoms with van der Waals surface area (Å²) in [6.07, 6.45) is 2.85. The Morgan fingerprint density at radius 3 is 2.76 bits per heavy atom. The zero-order valence-corrected chi connectivity index (χ0v) is 13.2. The minimum absolute atomic E-state index is 0.00283. The van der Waals surface area contributed by atoms with Crippen LogP contribution in [-0.2, 0) is 4.79 Å². The van der Waals surface area contributed by atoms with E-state index in [1.54, 1.807) is 0 Å². The molecule has 1 aliphatic rings. The monoisotopic (exact) mass is 290 g/mol. The summed E-state index contributed by atoms with van der Waals surface area (Å²) in [5.41, 5.74) is 3.15. The number of likely N-dealkylation sites (N-methyl/N-ethyl adjacent to an activating group) is 1. The second-order valence-corrected chi connectivity index (χ2v) is 6.32. The highest BCUT2D eigenvalue weighted by molar-refractivity contribution is 5.92. The first-order chi connectivity index (χ1) is 9.95. The molecular weight excluding hydrogens is 264 g/mol. The number of carbonyl (C=O) groups excluding carboxylic acids is 1. The Bertz CT molecular complexity index is 502.